The first-order valence-corrected chi connectivity index (χ1v) is 15.6. The van der Waals surface area contributed by atoms with Gasteiger partial charge in [-0.05, 0) is 30.7 Å². The van der Waals surface area contributed by atoms with Crippen molar-refractivity contribution in [2.75, 3.05) is 19.0 Å². The highest BCUT2D eigenvalue weighted by molar-refractivity contribution is 6.76. The maximum atomic E-state index is 11.4. The summed E-state index contributed by atoms with van der Waals surface area (Å²) >= 11 is 0. The summed E-state index contributed by atoms with van der Waals surface area (Å²) in [5.74, 6) is -0.283. The quantitative estimate of drug-likeness (QED) is 0.158. The fourth-order valence-electron chi connectivity index (χ4n) is 3.62. The van der Waals surface area contributed by atoms with Gasteiger partial charge in [-0.3, -0.25) is 0 Å². The summed E-state index contributed by atoms with van der Waals surface area (Å²) in [6, 6.07) is 9.00. The number of benzene rings is 1. The van der Waals surface area contributed by atoms with E-state index in [1.165, 1.54) is 90.2 Å². The number of ether oxygens (including phenoxy) is 1. The molecule has 0 saturated heterocycles. The zero-order chi connectivity index (χ0) is 21.4. The topological polar surface area (TPSA) is 38.3 Å². The molecule has 1 N–H and O–H groups in total. The Morgan fingerprint density at radius 2 is 1.21 bits per heavy atom. The van der Waals surface area contributed by atoms with Gasteiger partial charge in [-0.25, -0.2) is 4.79 Å². The molecular formula is C25H45NO2Si. The van der Waals surface area contributed by atoms with E-state index in [-0.39, 0.29) is 5.97 Å². The predicted molar refractivity (Wildman–Crippen MR) is 130 cm³/mol. The van der Waals surface area contributed by atoms with E-state index in [4.69, 9.17) is 4.74 Å². The van der Waals surface area contributed by atoms with Gasteiger partial charge in [0.2, 0.25) is 0 Å². The highest BCUT2D eigenvalue weighted by Crippen LogP contribution is 2.17. The second-order valence-corrected chi connectivity index (χ2v) is 15.2. The molecule has 0 saturated carbocycles. The minimum absolute atomic E-state index is 0.283. The summed E-state index contributed by atoms with van der Waals surface area (Å²) in [6.07, 6.45) is 16.7. The molecule has 1 rings (SSSR count). The van der Waals surface area contributed by atoms with Crippen LogP contribution in [-0.2, 0) is 4.74 Å². The van der Waals surface area contributed by atoms with Gasteiger partial charge in [0.25, 0.3) is 0 Å². The van der Waals surface area contributed by atoms with Crippen molar-refractivity contribution in [3.05, 3.63) is 29.8 Å². The molecule has 0 unspecified atom stereocenters. The van der Waals surface area contributed by atoms with Crippen LogP contribution in [0, 0.1) is 0 Å². The van der Waals surface area contributed by atoms with Crippen LogP contribution in [0.4, 0.5) is 5.69 Å². The van der Waals surface area contributed by atoms with Gasteiger partial charge in [0.1, 0.15) is 0 Å². The summed E-state index contributed by atoms with van der Waals surface area (Å²) < 4.78 is 4.71. The number of carbonyl (C=O) groups excluding carboxylic acids is 1. The van der Waals surface area contributed by atoms with Gasteiger partial charge in [-0.2, -0.15) is 0 Å². The van der Waals surface area contributed by atoms with Crippen molar-refractivity contribution < 1.29 is 9.53 Å². The van der Waals surface area contributed by atoms with Crippen molar-refractivity contribution in [3.8, 4) is 0 Å². The highest BCUT2D eigenvalue weighted by Gasteiger charge is 2.11. The molecule has 0 bridgehead atoms. The summed E-state index contributed by atoms with van der Waals surface area (Å²) in [4.78, 5) is 11.4. The molecule has 4 heteroatoms. The Kier molecular flexibility index (Phi) is 13.8. The van der Waals surface area contributed by atoms with Crippen molar-refractivity contribution in [1.29, 1.82) is 0 Å². The average Bonchev–Trinajstić information content (AvgIpc) is 2.70. The number of hydrogen-bond acceptors (Lipinski definition) is 3. The molecule has 0 aliphatic heterocycles. The SMILES string of the molecule is COC(=O)c1ccc(NCCCCCCCCCCCCCC[Si](C)(C)C)cc1. The first-order valence-electron chi connectivity index (χ1n) is 11.8. The lowest BCUT2D eigenvalue weighted by atomic mass is 10.1. The number of anilines is 1. The van der Waals surface area contributed by atoms with Crippen LogP contribution in [-0.4, -0.2) is 27.7 Å². The minimum Gasteiger partial charge on any atom is -0.465 e. The van der Waals surface area contributed by atoms with E-state index >= 15 is 0 Å². The smallest absolute Gasteiger partial charge is 0.337 e. The van der Waals surface area contributed by atoms with Crippen molar-refractivity contribution >= 4 is 19.7 Å². The van der Waals surface area contributed by atoms with E-state index in [2.05, 4.69) is 25.0 Å². The summed E-state index contributed by atoms with van der Waals surface area (Å²) in [5.41, 5.74) is 1.67. The number of nitrogens with one attached hydrogen (secondary N) is 1. The van der Waals surface area contributed by atoms with Crippen molar-refractivity contribution in [1.82, 2.24) is 0 Å². The Balaban J connectivity index is 1.85. The van der Waals surface area contributed by atoms with Gasteiger partial charge in [0.15, 0.2) is 0 Å². The van der Waals surface area contributed by atoms with Gasteiger partial charge >= 0.3 is 5.97 Å². The second kappa shape index (κ2) is 15.5. The van der Waals surface area contributed by atoms with Crippen LogP contribution in [0.15, 0.2) is 24.3 Å². The van der Waals surface area contributed by atoms with Gasteiger partial charge in [-0.1, -0.05) is 96.3 Å². The van der Waals surface area contributed by atoms with E-state index in [1.54, 1.807) is 0 Å². The van der Waals surface area contributed by atoms with Crippen LogP contribution in [0.25, 0.3) is 0 Å². The number of carbonyl (C=O) groups is 1. The van der Waals surface area contributed by atoms with Gasteiger partial charge < -0.3 is 10.1 Å². The molecule has 0 atom stereocenters. The predicted octanol–water partition coefficient (Wildman–Crippen LogP) is 7.90. The third-order valence-corrected chi connectivity index (χ3v) is 7.34. The molecule has 0 fully saturated rings. The molecule has 0 amide bonds. The lowest BCUT2D eigenvalue weighted by molar-refractivity contribution is 0.0601. The van der Waals surface area contributed by atoms with Gasteiger partial charge in [0, 0.05) is 20.3 Å². The molecule has 0 aliphatic rings. The van der Waals surface area contributed by atoms with E-state index in [1.807, 2.05) is 24.3 Å². The molecule has 0 radical (unpaired) electrons. The number of unbranched alkanes of at least 4 members (excludes halogenated alkanes) is 11. The third kappa shape index (κ3) is 14.3. The first-order chi connectivity index (χ1) is 13.9. The summed E-state index contributed by atoms with van der Waals surface area (Å²) in [7, 11) is 0.604. The van der Waals surface area contributed by atoms with E-state index in [0.29, 0.717) is 5.56 Å². The molecule has 0 aliphatic carbocycles. The molecule has 29 heavy (non-hydrogen) atoms. The van der Waals surface area contributed by atoms with Crippen molar-refractivity contribution in [2.24, 2.45) is 0 Å². The van der Waals surface area contributed by atoms with Crippen molar-refractivity contribution in [3.63, 3.8) is 0 Å². The zero-order valence-electron chi connectivity index (χ0n) is 19.5. The standard InChI is InChI=1S/C25H45NO2Si/c1-28-25(27)23-17-19-24(20-18-23)26-21-15-13-11-9-7-5-6-8-10-12-14-16-22-29(2,3)4/h17-20,26H,5-16,21-22H2,1-4H3. The molecule has 3 nitrogen and oxygen atoms in total. The van der Waals surface area contributed by atoms with Gasteiger partial charge in [0.05, 0.1) is 12.7 Å². The number of methoxy groups -OCH3 is 1. The number of hydrogen-bond donors (Lipinski definition) is 1. The van der Waals surface area contributed by atoms with E-state index in [9.17, 15) is 4.79 Å². The molecule has 1 aromatic carbocycles. The summed E-state index contributed by atoms with van der Waals surface area (Å²) in [5, 5.41) is 3.43. The maximum absolute atomic E-state index is 11.4. The molecule has 166 valence electrons. The van der Waals surface area contributed by atoms with Crippen LogP contribution in [0.2, 0.25) is 25.7 Å². The monoisotopic (exact) mass is 419 g/mol. The van der Waals surface area contributed by atoms with Crippen LogP contribution >= 0.6 is 0 Å². The maximum Gasteiger partial charge on any atom is 0.337 e. The zero-order valence-corrected chi connectivity index (χ0v) is 20.5. The van der Waals surface area contributed by atoms with Gasteiger partial charge in [-0.15, -0.1) is 0 Å². The van der Waals surface area contributed by atoms with Crippen LogP contribution in [0.3, 0.4) is 0 Å². The Morgan fingerprint density at radius 3 is 1.66 bits per heavy atom. The fraction of sp³-hybridized carbons (Fsp3) is 0.720. The second-order valence-electron chi connectivity index (χ2n) is 9.55. The lowest BCUT2D eigenvalue weighted by Gasteiger charge is -2.14. The molecule has 0 spiro atoms. The van der Waals surface area contributed by atoms with Crippen LogP contribution in [0.5, 0.6) is 0 Å². The molecule has 0 heterocycles. The van der Waals surface area contributed by atoms with Crippen LogP contribution in [0.1, 0.15) is 87.4 Å². The van der Waals surface area contributed by atoms with Crippen molar-refractivity contribution in [2.45, 2.75) is 103 Å². The minimum atomic E-state index is -0.804. The Bertz CT molecular complexity index is 537. The Hall–Kier alpha value is -1.29. The summed E-state index contributed by atoms with van der Waals surface area (Å²) in [6.45, 7) is 8.44. The van der Waals surface area contributed by atoms with E-state index < -0.39 is 8.07 Å². The van der Waals surface area contributed by atoms with E-state index in [0.717, 1.165) is 12.2 Å². The normalized spacial score (nSPS) is 11.4. The largest absolute Gasteiger partial charge is 0.465 e. The van der Waals surface area contributed by atoms with Crippen LogP contribution < -0.4 is 5.32 Å². The lowest BCUT2D eigenvalue weighted by Crippen LogP contribution is -2.18. The number of esters is 1. The number of rotatable bonds is 17. The fourth-order valence-corrected chi connectivity index (χ4v) is 4.93. The average molecular weight is 420 g/mol. The third-order valence-electron chi connectivity index (χ3n) is 5.49. The molecular weight excluding hydrogens is 374 g/mol. The Labute approximate surface area is 181 Å². The Morgan fingerprint density at radius 1 is 0.759 bits per heavy atom. The molecule has 1 aromatic rings. The first kappa shape index (κ1) is 25.7. The molecule has 0 aromatic heterocycles. The highest BCUT2D eigenvalue weighted by atomic mass is 28.3.